The van der Waals surface area contributed by atoms with Crippen molar-refractivity contribution in [2.24, 2.45) is 0 Å². The molecule has 2 rings (SSSR count). The first-order chi connectivity index (χ1) is 8.59. The van der Waals surface area contributed by atoms with E-state index in [-0.39, 0.29) is 0 Å². The molecule has 0 amide bonds. The van der Waals surface area contributed by atoms with Crippen LogP contribution in [0.4, 0.5) is 5.69 Å². The molecule has 1 heterocycles. The van der Waals surface area contributed by atoms with E-state index in [1.54, 1.807) is 0 Å². The van der Waals surface area contributed by atoms with Gasteiger partial charge in [-0.3, -0.25) is 0 Å². The van der Waals surface area contributed by atoms with Crippen LogP contribution in [0.1, 0.15) is 25.3 Å². The number of aliphatic carboxylic acids is 1. The van der Waals surface area contributed by atoms with Crippen LogP contribution in [0, 0.1) is 0 Å². The van der Waals surface area contributed by atoms with Gasteiger partial charge in [-0.25, -0.2) is 4.79 Å². The molecule has 1 aliphatic rings. The second-order valence-electron chi connectivity index (χ2n) is 5.00. The minimum absolute atomic E-state index is 0.469. The number of anilines is 1. The zero-order valence-electron chi connectivity index (χ0n) is 10.9. The van der Waals surface area contributed by atoms with Crippen LogP contribution < -0.4 is 10.2 Å². The average molecular weight is 248 g/mol. The molecule has 0 saturated carbocycles. The summed E-state index contributed by atoms with van der Waals surface area (Å²) in [5, 5.41) is 12.4. The zero-order valence-corrected chi connectivity index (χ0v) is 10.9. The van der Waals surface area contributed by atoms with Crippen molar-refractivity contribution in [1.29, 1.82) is 0 Å². The molecular weight excluding hydrogens is 228 g/mol. The summed E-state index contributed by atoms with van der Waals surface area (Å²) in [5.41, 5.74) is 2.27. The Labute approximate surface area is 108 Å². The van der Waals surface area contributed by atoms with Crippen LogP contribution in [0.5, 0.6) is 0 Å². The molecule has 0 spiro atoms. The maximum Gasteiger partial charge on any atom is 0.327 e. The third kappa shape index (κ3) is 2.64. The second kappa shape index (κ2) is 5.40. The van der Waals surface area contributed by atoms with Gasteiger partial charge in [0.25, 0.3) is 0 Å². The van der Waals surface area contributed by atoms with Crippen LogP contribution in [0.3, 0.4) is 0 Å². The van der Waals surface area contributed by atoms with Crippen molar-refractivity contribution in [2.45, 2.75) is 25.8 Å². The summed E-state index contributed by atoms with van der Waals surface area (Å²) in [5.74, 6) is -0.271. The van der Waals surface area contributed by atoms with Gasteiger partial charge >= 0.3 is 5.97 Å². The molecule has 1 saturated heterocycles. The SMILES string of the molecule is CC(C)c1ccc(N2CCNCC2C(=O)O)cc1. The minimum atomic E-state index is -0.768. The number of hydrogen-bond donors (Lipinski definition) is 2. The fourth-order valence-corrected chi connectivity index (χ4v) is 2.28. The molecule has 0 aromatic heterocycles. The van der Waals surface area contributed by atoms with Crippen molar-refractivity contribution in [2.75, 3.05) is 24.5 Å². The topological polar surface area (TPSA) is 52.6 Å². The number of nitrogens with one attached hydrogen (secondary N) is 1. The van der Waals surface area contributed by atoms with E-state index in [1.807, 2.05) is 17.0 Å². The Morgan fingerprint density at radius 3 is 2.61 bits per heavy atom. The highest BCUT2D eigenvalue weighted by atomic mass is 16.4. The number of nitrogens with zero attached hydrogens (tertiary/aromatic N) is 1. The van der Waals surface area contributed by atoms with Crippen LogP contribution in [-0.2, 0) is 4.79 Å². The lowest BCUT2D eigenvalue weighted by Crippen LogP contribution is -2.55. The Hall–Kier alpha value is -1.55. The van der Waals surface area contributed by atoms with Crippen LogP contribution in [0.15, 0.2) is 24.3 Å². The molecule has 4 heteroatoms. The maximum absolute atomic E-state index is 11.2. The van der Waals surface area contributed by atoms with Crippen LogP contribution in [0.25, 0.3) is 0 Å². The Bertz CT molecular complexity index is 414. The lowest BCUT2D eigenvalue weighted by atomic mass is 10.0. The van der Waals surface area contributed by atoms with E-state index in [4.69, 9.17) is 0 Å². The zero-order chi connectivity index (χ0) is 13.1. The first kappa shape index (κ1) is 12.9. The van der Waals surface area contributed by atoms with Gasteiger partial charge < -0.3 is 15.3 Å². The fourth-order valence-electron chi connectivity index (χ4n) is 2.28. The predicted octanol–water partition coefficient (Wildman–Crippen LogP) is 1.67. The first-order valence-electron chi connectivity index (χ1n) is 6.39. The average Bonchev–Trinajstić information content (AvgIpc) is 2.39. The Morgan fingerprint density at radius 1 is 1.39 bits per heavy atom. The number of carboxylic acid groups (broad SMARTS) is 1. The largest absolute Gasteiger partial charge is 0.480 e. The molecule has 1 aromatic carbocycles. The molecule has 1 fully saturated rings. The van der Waals surface area contributed by atoms with Crippen molar-refractivity contribution in [3.63, 3.8) is 0 Å². The number of rotatable bonds is 3. The molecule has 1 aromatic rings. The molecule has 4 nitrogen and oxygen atoms in total. The Kier molecular flexibility index (Phi) is 3.87. The molecule has 1 atom stereocenters. The molecular formula is C14H20N2O2. The smallest absolute Gasteiger partial charge is 0.327 e. The van der Waals surface area contributed by atoms with Gasteiger partial charge in [0, 0.05) is 25.3 Å². The molecule has 2 N–H and O–H groups in total. The van der Waals surface area contributed by atoms with Crippen molar-refractivity contribution in [3.05, 3.63) is 29.8 Å². The van der Waals surface area contributed by atoms with Crippen LogP contribution >= 0.6 is 0 Å². The normalized spacial score (nSPS) is 20.2. The molecule has 0 bridgehead atoms. The summed E-state index contributed by atoms with van der Waals surface area (Å²) >= 11 is 0. The molecule has 1 unspecified atom stereocenters. The van der Waals surface area contributed by atoms with Gasteiger partial charge in [0.1, 0.15) is 6.04 Å². The van der Waals surface area contributed by atoms with E-state index in [1.165, 1.54) is 5.56 Å². The highest BCUT2D eigenvalue weighted by molar-refractivity contribution is 5.79. The van der Waals surface area contributed by atoms with Gasteiger partial charge in [0.15, 0.2) is 0 Å². The Morgan fingerprint density at radius 2 is 2.06 bits per heavy atom. The van der Waals surface area contributed by atoms with Gasteiger partial charge in [-0.15, -0.1) is 0 Å². The monoisotopic (exact) mass is 248 g/mol. The lowest BCUT2D eigenvalue weighted by molar-refractivity contribution is -0.138. The van der Waals surface area contributed by atoms with Crippen molar-refractivity contribution >= 4 is 11.7 Å². The number of benzene rings is 1. The second-order valence-corrected chi connectivity index (χ2v) is 5.00. The van der Waals surface area contributed by atoms with Gasteiger partial charge in [-0.2, -0.15) is 0 Å². The molecule has 0 aliphatic carbocycles. The minimum Gasteiger partial charge on any atom is -0.480 e. The maximum atomic E-state index is 11.2. The van der Waals surface area contributed by atoms with E-state index >= 15 is 0 Å². The van der Waals surface area contributed by atoms with Crippen molar-refractivity contribution in [1.82, 2.24) is 5.32 Å². The number of piperazine rings is 1. The highest BCUT2D eigenvalue weighted by Gasteiger charge is 2.28. The van der Waals surface area contributed by atoms with Gasteiger partial charge in [-0.1, -0.05) is 26.0 Å². The standard InChI is InChI=1S/C14H20N2O2/c1-10(2)11-3-5-12(6-4-11)16-8-7-15-9-13(16)14(17)18/h3-6,10,13,15H,7-9H2,1-2H3,(H,17,18). The van der Waals surface area contributed by atoms with Crippen molar-refractivity contribution in [3.8, 4) is 0 Å². The third-order valence-electron chi connectivity index (χ3n) is 3.42. The molecule has 0 radical (unpaired) electrons. The van der Waals surface area contributed by atoms with Gasteiger partial charge in [0.05, 0.1) is 0 Å². The quantitative estimate of drug-likeness (QED) is 0.854. The number of carboxylic acids is 1. The predicted molar refractivity (Wildman–Crippen MR) is 72.2 cm³/mol. The van der Waals surface area contributed by atoms with Gasteiger partial charge in [0.2, 0.25) is 0 Å². The fraction of sp³-hybridized carbons (Fsp3) is 0.500. The summed E-state index contributed by atoms with van der Waals surface area (Å²) < 4.78 is 0. The van der Waals surface area contributed by atoms with E-state index < -0.39 is 12.0 Å². The molecule has 18 heavy (non-hydrogen) atoms. The van der Waals surface area contributed by atoms with E-state index in [9.17, 15) is 9.90 Å². The van der Waals surface area contributed by atoms with Crippen LogP contribution in [-0.4, -0.2) is 36.8 Å². The van der Waals surface area contributed by atoms with E-state index in [0.29, 0.717) is 12.5 Å². The number of hydrogen-bond acceptors (Lipinski definition) is 3. The number of carbonyl (C=O) groups is 1. The Balaban J connectivity index is 2.20. The molecule has 1 aliphatic heterocycles. The van der Waals surface area contributed by atoms with E-state index in [0.717, 1.165) is 18.8 Å². The van der Waals surface area contributed by atoms with Gasteiger partial charge in [-0.05, 0) is 23.6 Å². The van der Waals surface area contributed by atoms with Crippen LogP contribution in [0.2, 0.25) is 0 Å². The lowest BCUT2D eigenvalue weighted by Gasteiger charge is -2.35. The molecule has 98 valence electrons. The third-order valence-corrected chi connectivity index (χ3v) is 3.42. The summed E-state index contributed by atoms with van der Waals surface area (Å²) in [7, 11) is 0. The van der Waals surface area contributed by atoms with E-state index in [2.05, 4.69) is 31.3 Å². The summed E-state index contributed by atoms with van der Waals surface area (Å²) in [6.07, 6.45) is 0. The first-order valence-corrected chi connectivity index (χ1v) is 6.39. The van der Waals surface area contributed by atoms with Crippen molar-refractivity contribution < 1.29 is 9.90 Å². The summed E-state index contributed by atoms with van der Waals surface area (Å²) in [4.78, 5) is 13.2. The highest BCUT2D eigenvalue weighted by Crippen LogP contribution is 2.22. The summed E-state index contributed by atoms with van der Waals surface area (Å²) in [6, 6.07) is 7.75. The summed E-state index contributed by atoms with van der Waals surface area (Å²) in [6.45, 7) is 6.37.